The lowest BCUT2D eigenvalue weighted by Crippen LogP contribution is -2.42. The summed E-state index contributed by atoms with van der Waals surface area (Å²) in [6.45, 7) is 3.48. The van der Waals surface area contributed by atoms with Crippen LogP contribution in [0.3, 0.4) is 0 Å². The Bertz CT molecular complexity index is 813. The molecule has 2 atom stereocenters. The first-order chi connectivity index (χ1) is 12.1. The lowest BCUT2D eigenvalue weighted by atomic mass is 9.89. The monoisotopic (exact) mass is 338 g/mol. The Balaban J connectivity index is 1.56. The van der Waals surface area contributed by atoms with Crippen molar-refractivity contribution in [1.29, 1.82) is 0 Å². The van der Waals surface area contributed by atoms with E-state index in [1.165, 1.54) is 0 Å². The number of likely N-dealkylation sites (tertiary alicyclic amines) is 1. The minimum absolute atomic E-state index is 0.0636. The molecule has 1 aromatic carbocycles. The number of carbonyl (C=O) groups is 2. The van der Waals surface area contributed by atoms with Crippen molar-refractivity contribution in [2.45, 2.75) is 44.7 Å². The van der Waals surface area contributed by atoms with Gasteiger partial charge in [-0.2, -0.15) is 5.10 Å². The molecule has 0 aliphatic carbocycles. The fourth-order valence-electron chi connectivity index (χ4n) is 3.93. The quantitative estimate of drug-likeness (QED) is 0.934. The summed E-state index contributed by atoms with van der Waals surface area (Å²) >= 11 is 0. The third-order valence-electron chi connectivity index (χ3n) is 5.12. The molecule has 0 saturated carbocycles. The fourth-order valence-corrected chi connectivity index (χ4v) is 3.93. The van der Waals surface area contributed by atoms with Gasteiger partial charge in [0.05, 0.1) is 24.7 Å². The molecule has 3 heterocycles. The van der Waals surface area contributed by atoms with Crippen molar-refractivity contribution in [2.75, 3.05) is 11.9 Å². The van der Waals surface area contributed by atoms with Crippen LogP contribution >= 0.6 is 0 Å². The van der Waals surface area contributed by atoms with E-state index in [1.54, 1.807) is 0 Å². The zero-order valence-corrected chi connectivity index (χ0v) is 14.3. The highest BCUT2D eigenvalue weighted by Crippen LogP contribution is 2.35. The van der Waals surface area contributed by atoms with E-state index in [2.05, 4.69) is 10.4 Å². The van der Waals surface area contributed by atoms with Gasteiger partial charge in [-0.1, -0.05) is 18.2 Å². The minimum atomic E-state index is -0.384. The number of amides is 2. The fraction of sp³-hybridized carbons (Fsp3) is 0.421. The molecule has 1 fully saturated rings. The van der Waals surface area contributed by atoms with Crippen LogP contribution in [0.5, 0.6) is 0 Å². The first-order valence-corrected chi connectivity index (χ1v) is 8.80. The van der Waals surface area contributed by atoms with Gasteiger partial charge in [0.2, 0.25) is 11.8 Å². The summed E-state index contributed by atoms with van der Waals surface area (Å²) in [5.74, 6) is -0.408. The van der Waals surface area contributed by atoms with Crippen LogP contribution in [0, 0.1) is 6.92 Å². The van der Waals surface area contributed by atoms with Crippen molar-refractivity contribution < 1.29 is 9.59 Å². The number of anilines is 1. The average molecular weight is 338 g/mol. The first-order valence-electron chi connectivity index (χ1n) is 8.80. The van der Waals surface area contributed by atoms with Gasteiger partial charge in [-0.3, -0.25) is 14.3 Å². The second kappa shape index (κ2) is 6.35. The lowest BCUT2D eigenvalue weighted by Gasteiger charge is -2.31. The summed E-state index contributed by atoms with van der Waals surface area (Å²) in [5, 5.41) is 7.21. The van der Waals surface area contributed by atoms with Crippen molar-refractivity contribution in [3.8, 4) is 0 Å². The number of hydrogen-bond donors (Lipinski definition) is 1. The highest BCUT2D eigenvalue weighted by Gasteiger charge is 2.37. The maximum absolute atomic E-state index is 13.2. The van der Waals surface area contributed by atoms with E-state index in [9.17, 15) is 9.59 Å². The van der Waals surface area contributed by atoms with Crippen LogP contribution in [0.25, 0.3) is 0 Å². The third-order valence-corrected chi connectivity index (χ3v) is 5.12. The first kappa shape index (κ1) is 15.9. The van der Waals surface area contributed by atoms with Crippen LogP contribution in [0.1, 0.15) is 36.3 Å². The van der Waals surface area contributed by atoms with Crippen LogP contribution in [-0.4, -0.2) is 39.1 Å². The van der Waals surface area contributed by atoms with Crippen LogP contribution in [0.4, 0.5) is 5.69 Å². The molecule has 2 amide bonds. The summed E-state index contributed by atoms with van der Waals surface area (Å²) in [6.07, 6.45) is 6.04. The van der Waals surface area contributed by atoms with Crippen molar-refractivity contribution in [1.82, 2.24) is 14.7 Å². The van der Waals surface area contributed by atoms with E-state index in [4.69, 9.17) is 0 Å². The molecule has 1 aromatic heterocycles. The highest BCUT2D eigenvalue weighted by molar-refractivity contribution is 6.01. The number of para-hydroxylation sites is 1. The van der Waals surface area contributed by atoms with E-state index in [-0.39, 0.29) is 30.2 Å². The largest absolute Gasteiger partial charge is 0.337 e. The zero-order valence-electron chi connectivity index (χ0n) is 14.3. The molecular weight excluding hydrogens is 316 g/mol. The summed E-state index contributed by atoms with van der Waals surface area (Å²) in [5.41, 5.74) is 2.80. The summed E-state index contributed by atoms with van der Waals surface area (Å²) < 4.78 is 1.91. The Kier molecular flexibility index (Phi) is 4.03. The Morgan fingerprint density at radius 1 is 1.36 bits per heavy atom. The number of nitrogens with one attached hydrogen (secondary N) is 1. The van der Waals surface area contributed by atoms with Crippen molar-refractivity contribution >= 4 is 17.5 Å². The smallest absolute Gasteiger partial charge is 0.231 e. The number of aryl methyl sites for hydroxylation is 1. The van der Waals surface area contributed by atoms with Crippen LogP contribution in [0.15, 0.2) is 36.7 Å². The molecule has 1 N–H and O–H groups in total. The molecule has 1 saturated heterocycles. The molecule has 0 bridgehead atoms. The lowest BCUT2D eigenvalue weighted by molar-refractivity contribution is -0.136. The van der Waals surface area contributed by atoms with Crippen molar-refractivity contribution in [3.05, 3.63) is 47.8 Å². The molecular formula is C19H22N4O2. The molecule has 4 rings (SSSR count). The minimum Gasteiger partial charge on any atom is -0.337 e. The Hall–Kier alpha value is -2.63. The van der Waals surface area contributed by atoms with Crippen molar-refractivity contribution in [2.24, 2.45) is 0 Å². The molecule has 2 aliphatic heterocycles. The Morgan fingerprint density at radius 2 is 2.20 bits per heavy atom. The van der Waals surface area contributed by atoms with Gasteiger partial charge in [-0.05, 0) is 37.0 Å². The number of hydrogen-bond acceptors (Lipinski definition) is 3. The van der Waals surface area contributed by atoms with E-state index in [1.807, 2.05) is 53.2 Å². The third kappa shape index (κ3) is 3.04. The summed E-state index contributed by atoms with van der Waals surface area (Å²) in [7, 11) is 0. The highest BCUT2D eigenvalue weighted by atomic mass is 16.2. The van der Waals surface area contributed by atoms with E-state index >= 15 is 0 Å². The van der Waals surface area contributed by atoms with Crippen LogP contribution < -0.4 is 5.32 Å². The number of nitrogens with zero attached hydrogens (tertiary/aromatic N) is 3. The Labute approximate surface area is 146 Å². The van der Waals surface area contributed by atoms with E-state index < -0.39 is 0 Å². The molecule has 130 valence electrons. The predicted molar refractivity (Wildman–Crippen MR) is 94.1 cm³/mol. The topological polar surface area (TPSA) is 67.2 Å². The number of carbonyl (C=O) groups excluding carboxylic acids is 2. The van der Waals surface area contributed by atoms with Gasteiger partial charge in [-0.15, -0.1) is 0 Å². The van der Waals surface area contributed by atoms with Gasteiger partial charge in [0.1, 0.15) is 0 Å². The molecule has 25 heavy (non-hydrogen) atoms. The summed E-state index contributed by atoms with van der Waals surface area (Å²) in [6, 6.07) is 7.75. The average Bonchev–Trinajstić information content (AvgIpc) is 3.22. The predicted octanol–water partition coefficient (Wildman–Crippen LogP) is 2.31. The molecule has 6 nitrogen and oxygen atoms in total. The van der Waals surface area contributed by atoms with E-state index in [0.717, 1.165) is 36.2 Å². The normalized spacial score (nSPS) is 22.6. The maximum atomic E-state index is 13.2. The van der Waals surface area contributed by atoms with Gasteiger partial charge >= 0.3 is 0 Å². The Morgan fingerprint density at radius 3 is 3.00 bits per heavy atom. The molecule has 2 aliphatic rings. The van der Waals surface area contributed by atoms with Crippen molar-refractivity contribution in [3.63, 3.8) is 0 Å². The van der Waals surface area contributed by atoms with Crippen LogP contribution in [0.2, 0.25) is 0 Å². The van der Waals surface area contributed by atoms with Gasteiger partial charge in [0.25, 0.3) is 0 Å². The van der Waals surface area contributed by atoms with Gasteiger partial charge < -0.3 is 10.2 Å². The maximum Gasteiger partial charge on any atom is 0.231 e. The molecule has 0 radical (unpaired) electrons. The van der Waals surface area contributed by atoms with E-state index in [0.29, 0.717) is 6.54 Å². The number of rotatable bonds is 3. The summed E-state index contributed by atoms with van der Waals surface area (Å²) in [4.78, 5) is 27.2. The zero-order chi connectivity index (χ0) is 17.4. The molecule has 0 spiro atoms. The molecule has 6 heteroatoms. The number of aromatic nitrogens is 2. The molecule has 2 aromatic rings. The standard InChI is InChI=1S/C19H22N4O2/c1-13-10-20-22(11-13)12-14-5-4-8-23(14)19(25)16-9-18(24)21-17-7-3-2-6-15(16)17/h2-3,6-7,10-11,14,16H,4-5,8-9,12H2,1H3,(H,21,24). The second-order valence-corrected chi connectivity index (χ2v) is 6.96. The van der Waals surface area contributed by atoms with Gasteiger partial charge in [0.15, 0.2) is 0 Å². The molecule has 2 unspecified atom stereocenters. The van der Waals surface area contributed by atoms with Gasteiger partial charge in [-0.25, -0.2) is 0 Å². The second-order valence-electron chi connectivity index (χ2n) is 6.96. The number of fused-ring (bicyclic) bond motifs is 1. The van der Waals surface area contributed by atoms with Crippen LogP contribution in [-0.2, 0) is 16.1 Å². The SMILES string of the molecule is Cc1cnn(CC2CCCN2C(=O)C2CC(=O)Nc3ccccc32)c1. The van der Waals surface area contributed by atoms with Gasteiger partial charge in [0, 0.05) is 24.8 Å². The number of benzene rings is 1.